The van der Waals surface area contributed by atoms with Gasteiger partial charge >= 0.3 is 0 Å². The van der Waals surface area contributed by atoms with E-state index in [0.29, 0.717) is 17.2 Å². The lowest BCUT2D eigenvalue weighted by molar-refractivity contribution is 0.195. The molecule has 0 unspecified atom stereocenters. The summed E-state index contributed by atoms with van der Waals surface area (Å²) in [7, 11) is -2.34. The van der Waals surface area contributed by atoms with E-state index in [1.165, 1.54) is 6.33 Å². The number of anilines is 1. The fraction of sp³-hybridized carbons (Fsp3) is 0.304. The Kier molecular flexibility index (Phi) is 7.66. The van der Waals surface area contributed by atoms with Crippen molar-refractivity contribution in [3.8, 4) is 11.6 Å². The molecule has 2 N–H and O–H groups in total. The highest BCUT2D eigenvalue weighted by Gasteiger charge is 2.21. The number of sulfonamides is 1. The molecule has 0 saturated carbocycles. The molecule has 0 spiro atoms. The molecule has 3 rings (SSSR count). The van der Waals surface area contributed by atoms with Gasteiger partial charge in [-0.3, -0.25) is 4.72 Å². The van der Waals surface area contributed by atoms with Crippen LogP contribution in [0.5, 0.6) is 11.6 Å². The number of ether oxygens (including phenoxy) is 2. The summed E-state index contributed by atoms with van der Waals surface area (Å²) in [4.78, 5) is 8.44. The number of methoxy groups -OCH3 is 1. The minimum atomic E-state index is -3.90. The first-order valence-corrected chi connectivity index (χ1v) is 11.7. The number of aromatic nitrogens is 2. The highest BCUT2D eigenvalue weighted by atomic mass is 32.2. The average molecular weight is 458 g/mol. The quantitative estimate of drug-likeness (QED) is 0.480. The molecule has 0 atom stereocenters. The second-order valence-corrected chi connectivity index (χ2v) is 9.08. The molecule has 0 fully saturated rings. The number of benzene rings is 2. The summed E-state index contributed by atoms with van der Waals surface area (Å²) in [6, 6.07) is 14.1. The van der Waals surface area contributed by atoms with E-state index in [1.54, 1.807) is 31.4 Å². The second kappa shape index (κ2) is 10.4. The zero-order chi connectivity index (χ0) is 23.1. The fourth-order valence-electron chi connectivity index (χ4n) is 3.17. The van der Waals surface area contributed by atoms with Crippen LogP contribution in [0.1, 0.15) is 36.5 Å². The second-order valence-electron chi connectivity index (χ2n) is 7.40. The van der Waals surface area contributed by atoms with Gasteiger partial charge in [0.1, 0.15) is 18.7 Å². The maximum Gasteiger partial charge on any atom is 0.263 e. The zero-order valence-electron chi connectivity index (χ0n) is 18.3. The van der Waals surface area contributed by atoms with Gasteiger partial charge < -0.3 is 14.6 Å². The van der Waals surface area contributed by atoms with Crippen molar-refractivity contribution in [2.75, 3.05) is 25.0 Å². The van der Waals surface area contributed by atoms with Gasteiger partial charge in [-0.2, -0.15) is 0 Å². The largest absolute Gasteiger partial charge is 0.496 e. The first-order chi connectivity index (χ1) is 15.4. The summed E-state index contributed by atoms with van der Waals surface area (Å²) in [6.45, 7) is 3.89. The average Bonchev–Trinajstić information content (AvgIpc) is 2.79. The molecule has 0 saturated heterocycles. The normalized spacial score (nSPS) is 11.4. The summed E-state index contributed by atoms with van der Waals surface area (Å²) < 4.78 is 39.7. The Morgan fingerprint density at radius 3 is 2.44 bits per heavy atom. The van der Waals surface area contributed by atoms with Crippen molar-refractivity contribution in [2.45, 2.75) is 31.1 Å². The molecular formula is C23H27N3O5S. The van der Waals surface area contributed by atoms with E-state index in [0.717, 1.165) is 11.1 Å². The van der Waals surface area contributed by atoms with E-state index in [9.17, 15) is 8.42 Å². The Balaban J connectivity index is 1.99. The van der Waals surface area contributed by atoms with Gasteiger partial charge in [-0.05, 0) is 35.2 Å². The Hall–Kier alpha value is -3.17. The van der Waals surface area contributed by atoms with Crippen LogP contribution in [0.15, 0.2) is 59.8 Å². The maximum atomic E-state index is 13.1. The SMILES string of the molecule is COc1ccccc1Cc1c(NS(=O)(=O)c2ccc(C(C)C)cc2)ncnc1OCCO. The molecule has 9 heteroatoms. The lowest BCUT2D eigenvalue weighted by Gasteiger charge is -2.16. The van der Waals surface area contributed by atoms with E-state index >= 15 is 0 Å². The predicted molar refractivity (Wildman–Crippen MR) is 122 cm³/mol. The smallest absolute Gasteiger partial charge is 0.263 e. The van der Waals surface area contributed by atoms with Crippen LogP contribution in [0.3, 0.4) is 0 Å². The standard InChI is InChI=1S/C23H27N3O5S/c1-16(2)17-8-10-19(11-9-17)32(28,29)26-22-20(23(25-15-24-22)31-13-12-27)14-18-6-4-5-7-21(18)30-3/h4-11,15-16,27H,12-14H2,1-3H3,(H,24,25,26). The molecule has 8 nitrogen and oxygen atoms in total. The summed E-state index contributed by atoms with van der Waals surface area (Å²) in [5, 5.41) is 9.16. The van der Waals surface area contributed by atoms with Crippen LogP contribution in [0, 0.1) is 0 Å². The van der Waals surface area contributed by atoms with Crippen molar-refractivity contribution in [2.24, 2.45) is 0 Å². The van der Waals surface area contributed by atoms with Crippen molar-refractivity contribution in [3.05, 3.63) is 71.5 Å². The van der Waals surface area contributed by atoms with Crippen molar-refractivity contribution >= 4 is 15.8 Å². The number of nitrogens with zero attached hydrogens (tertiary/aromatic N) is 2. The Morgan fingerprint density at radius 2 is 1.78 bits per heavy atom. The van der Waals surface area contributed by atoms with Crippen LogP contribution >= 0.6 is 0 Å². The molecule has 0 aliphatic heterocycles. The van der Waals surface area contributed by atoms with Crippen molar-refractivity contribution in [1.29, 1.82) is 0 Å². The minimum Gasteiger partial charge on any atom is -0.496 e. The molecular weight excluding hydrogens is 430 g/mol. The Bertz CT molecular complexity index is 1150. The monoisotopic (exact) mass is 457 g/mol. The fourth-order valence-corrected chi connectivity index (χ4v) is 4.21. The third-order valence-corrected chi connectivity index (χ3v) is 6.24. The van der Waals surface area contributed by atoms with Crippen LogP contribution in [0.4, 0.5) is 5.82 Å². The highest BCUT2D eigenvalue weighted by Crippen LogP contribution is 2.30. The number of para-hydroxylation sites is 1. The number of rotatable bonds is 10. The van der Waals surface area contributed by atoms with Gasteiger partial charge in [0, 0.05) is 6.42 Å². The number of aliphatic hydroxyl groups is 1. The van der Waals surface area contributed by atoms with E-state index in [2.05, 4.69) is 14.7 Å². The van der Waals surface area contributed by atoms with Crippen molar-refractivity contribution in [3.63, 3.8) is 0 Å². The Labute approximate surface area is 188 Å². The molecule has 0 amide bonds. The Morgan fingerprint density at radius 1 is 1.06 bits per heavy atom. The highest BCUT2D eigenvalue weighted by molar-refractivity contribution is 7.92. The lowest BCUT2D eigenvalue weighted by Crippen LogP contribution is -2.17. The number of hydrogen-bond donors (Lipinski definition) is 2. The van der Waals surface area contributed by atoms with E-state index in [1.807, 2.05) is 38.1 Å². The molecule has 2 aromatic carbocycles. The van der Waals surface area contributed by atoms with E-state index < -0.39 is 10.0 Å². The lowest BCUT2D eigenvalue weighted by atomic mass is 10.0. The van der Waals surface area contributed by atoms with Gasteiger partial charge in [-0.25, -0.2) is 18.4 Å². The minimum absolute atomic E-state index is 0.0127. The summed E-state index contributed by atoms with van der Waals surface area (Å²) in [5.41, 5.74) is 2.29. The molecule has 0 radical (unpaired) electrons. The molecule has 3 aromatic rings. The van der Waals surface area contributed by atoms with Gasteiger partial charge in [-0.15, -0.1) is 0 Å². The molecule has 32 heavy (non-hydrogen) atoms. The van der Waals surface area contributed by atoms with E-state index in [4.69, 9.17) is 14.6 Å². The summed E-state index contributed by atoms with van der Waals surface area (Å²) >= 11 is 0. The summed E-state index contributed by atoms with van der Waals surface area (Å²) in [6.07, 6.45) is 1.48. The maximum absolute atomic E-state index is 13.1. The molecule has 0 aliphatic rings. The molecule has 170 valence electrons. The number of aliphatic hydroxyl groups excluding tert-OH is 1. The molecule has 1 heterocycles. The summed E-state index contributed by atoms with van der Waals surface area (Å²) in [5.74, 6) is 1.22. The van der Waals surface area contributed by atoms with Crippen LogP contribution in [0.2, 0.25) is 0 Å². The topological polar surface area (TPSA) is 111 Å². The first kappa shape index (κ1) is 23.5. The van der Waals surface area contributed by atoms with Crippen molar-refractivity contribution < 1.29 is 23.0 Å². The van der Waals surface area contributed by atoms with E-state index in [-0.39, 0.29) is 36.2 Å². The van der Waals surface area contributed by atoms with Crippen molar-refractivity contribution in [1.82, 2.24) is 9.97 Å². The van der Waals surface area contributed by atoms with Crippen LogP contribution < -0.4 is 14.2 Å². The van der Waals surface area contributed by atoms with Crippen LogP contribution in [0.25, 0.3) is 0 Å². The van der Waals surface area contributed by atoms with Gasteiger partial charge in [0.2, 0.25) is 5.88 Å². The zero-order valence-corrected chi connectivity index (χ0v) is 19.1. The number of hydrogen-bond acceptors (Lipinski definition) is 7. The third kappa shape index (κ3) is 5.54. The third-order valence-electron chi connectivity index (χ3n) is 4.88. The first-order valence-electron chi connectivity index (χ1n) is 10.2. The van der Waals surface area contributed by atoms with Crippen LogP contribution in [-0.2, 0) is 16.4 Å². The molecule has 0 aliphatic carbocycles. The van der Waals surface area contributed by atoms with Gasteiger partial charge in [0.05, 0.1) is 24.2 Å². The van der Waals surface area contributed by atoms with Gasteiger partial charge in [-0.1, -0.05) is 44.2 Å². The van der Waals surface area contributed by atoms with Crippen LogP contribution in [-0.4, -0.2) is 43.8 Å². The number of nitrogens with one attached hydrogen (secondary N) is 1. The van der Waals surface area contributed by atoms with Gasteiger partial charge in [0.25, 0.3) is 10.0 Å². The predicted octanol–water partition coefficient (Wildman–Crippen LogP) is 3.37. The van der Waals surface area contributed by atoms with Gasteiger partial charge in [0.15, 0.2) is 5.82 Å². The molecule has 0 bridgehead atoms. The molecule has 1 aromatic heterocycles.